The average Bonchev–Trinajstić information content (AvgIpc) is 2.45. The van der Waals surface area contributed by atoms with Gasteiger partial charge in [0.05, 0.1) is 6.10 Å². The van der Waals surface area contributed by atoms with Crippen LogP contribution in [-0.2, 0) is 0 Å². The highest BCUT2D eigenvalue weighted by Gasteiger charge is 2.22. The highest BCUT2D eigenvalue weighted by atomic mass is 16.3. The fraction of sp³-hybridized carbons (Fsp3) is 0.667. The van der Waals surface area contributed by atoms with Crippen molar-refractivity contribution in [2.45, 2.75) is 45.1 Å². The smallest absolute Gasteiger partial charge is 0.0726 e. The maximum absolute atomic E-state index is 9.60. The van der Waals surface area contributed by atoms with Crippen molar-refractivity contribution in [3.05, 3.63) is 23.3 Å². The number of aliphatic hydroxyl groups excluding tert-OH is 1. The van der Waals surface area contributed by atoms with E-state index in [0.717, 1.165) is 12.3 Å². The Hall–Kier alpha value is -0.560. The number of aliphatic hydroxyl groups is 1. The Bertz CT molecular complexity index is 250. The van der Waals surface area contributed by atoms with Crippen LogP contribution in [0.5, 0.6) is 0 Å². The molecule has 2 atom stereocenters. The lowest BCUT2D eigenvalue weighted by Crippen LogP contribution is -2.09. The van der Waals surface area contributed by atoms with Crippen LogP contribution in [0.4, 0.5) is 0 Å². The Morgan fingerprint density at radius 2 is 2.15 bits per heavy atom. The first kappa shape index (κ1) is 9.01. The van der Waals surface area contributed by atoms with Gasteiger partial charge < -0.3 is 5.11 Å². The Balaban J connectivity index is 2.22. The summed E-state index contributed by atoms with van der Waals surface area (Å²) in [4.78, 5) is 0. The van der Waals surface area contributed by atoms with Crippen molar-refractivity contribution >= 4 is 0 Å². The summed E-state index contributed by atoms with van der Waals surface area (Å²) in [6.45, 7) is 2.09. The van der Waals surface area contributed by atoms with E-state index in [9.17, 15) is 5.11 Å². The molecule has 0 amide bonds. The lowest BCUT2D eigenvalue weighted by atomic mass is 9.91. The molecule has 1 fully saturated rings. The Kier molecular flexibility index (Phi) is 2.54. The molecule has 2 aliphatic rings. The van der Waals surface area contributed by atoms with E-state index >= 15 is 0 Å². The second-order valence-corrected chi connectivity index (χ2v) is 4.36. The van der Waals surface area contributed by atoms with E-state index in [-0.39, 0.29) is 6.10 Å². The molecule has 0 heterocycles. The van der Waals surface area contributed by atoms with Crippen LogP contribution in [-0.4, -0.2) is 11.2 Å². The fourth-order valence-electron chi connectivity index (χ4n) is 2.56. The van der Waals surface area contributed by atoms with Gasteiger partial charge in [-0.05, 0) is 44.9 Å². The molecule has 0 aromatic carbocycles. The second kappa shape index (κ2) is 3.67. The molecule has 1 saturated carbocycles. The monoisotopic (exact) mass is 178 g/mol. The highest BCUT2D eigenvalue weighted by Crippen LogP contribution is 2.36. The molecule has 0 aromatic heterocycles. The van der Waals surface area contributed by atoms with Crippen molar-refractivity contribution in [1.82, 2.24) is 0 Å². The first-order chi connectivity index (χ1) is 6.25. The minimum Gasteiger partial charge on any atom is -0.389 e. The molecule has 1 N–H and O–H groups in total. The predicted molar refractivity (Wildman–Crippen MR) is 54.4 cm³/mol. The van der Waals surface area contributed by atoms with Gasteiger partial charge in [-0.25, -0.2) is 0 Å². The third kappa shape index (κ3) is 2.02. The molecular weight excluding hydrogens is 160 g/mol. The topological polar surface area (TPSA) is 20.2 Å². The van der Waals surface area contributed by atoms with Gasteiger partial charge in [-0.1, -0.05) is 23.3 Å². The molecule has 13 heavy (non-hydrogen) atoms. The quantitative estimate of drug-likeness (QED) is 0.604. The molecule has 2 aliphatic carbocycles. The lowest BCUT2D eigenvalue weighted by molar-refractivity contribution is 0.202. The largest absolute Gasteiger partial charge is 0.389 e. The zero-order chi connectivity index (χ0) is 9.26. The molecule has 0 saturated heterocycles. The van der Waals surface area contributed by atoms with Gasteiger partial charge in [0, 0.05) is 0 Å². The van der Waals surface area contributed by atoms with E-state index in [2.05, 4.69) is 13.0 Å². The minimum absolute atomic E-state index is 0.210. The van der Waals surface area contributed by atoms with Crippen LogP contribution in [0.15, 0.2) is 23.3 Å². The molecule has 0 radical (unpaired) electrons. The fourth-order valence-corrected chi connectivity index (χ4v) is 2.56. The zero-order valence-corrected chi connectivity index (χ0v) is 8.29. The predicted octanol–water partition coefficient (Wildman–Crippen LogP) is 2.81. The molecule has 2 rings (SSSR count). The molecular formula is C12H18O. The summed E-state index contributed by atoms with van der Waals surface area (Å²) in [5.74, 6) is 0.776. The van der Waals surface area contributed by atoms with E-state index in [1.54, 1.807) is 5.57 Å². The first-order valence-corrected chi connectivity index (χ1v) is 5.32. The Morgan fingerprint density at radius 3 is 3.00 bits per heavy atom. The third-order valence-electron chi connectivity index (χ3n) is 3.22. The van der Waals surface area contributed by atoms with Gasteiger partial charge in [0.1, 0.15) is 0 Å². The second-order valence-electron chi connectivity index (χ2n) is 4.36. The summed E-state index contributed by atoms with van der Waals surface area (Å²) in [7, 11) is 0. The van der Waals surface area contributed by atoms with Crippen LogP contribution < -0.4 is 0 Å². The van der Waals surface area contributed by atoms with Crippen LogP contribution in [0.1, 0.15) is 39.0 Å². The number of rotatable bonds is 0. The molecule has 0 bridgehead atoms. The molecule has 72 valence electrons. The summed E-state index contributed by atoms with van der Waals surface area (Å²) in [6.07, 6.45) is 10.2. The number of allylic oxidation sites excluding steroid dienone is 3. The lowest BCUT2D eigenvalue weighted by Gasteiger charge is -2.17. The van der Waals surface area contributed by atoms with Crippen LogP contribution >= 0.6 is 0 Å². The number of fused-ring (bicyclic) bond motifs is 1. The van der Waals surface area contributed by atoms with Gasteiger partial charge >= 0.3 is 0 Å². The summed E-state index contributed by atoms with van der Waals surface area (Å²) in [5, 5.41) is 9.60. The normalized spacial score (nSPS) is 42.3. The van der Waals surface area contributed by atoms with E-state index in [1.807, 2.05) is 6.08 Å². The molecule has 0 aliphatic heterocycles. The van der Waals surface area contributed by atoms with E-state index in [1.165, 1.54) is 31.3 Å². The maximum atomic E-state index is 9.60. The highest BCUT2D eigenvalue weighted by molar-refractivity contribution is 5.27. The standard InChI is InChI=1S/C12H18O/c1-9-7-11-4-2-3-10(11)5-6-12(13)8-9/h7-8,10,12-13H,2-6H2,1H3/b9-8-,11-7-/t10-,12+/m1/s1. The summed E-state index contributed by atoms with van der Waals surface area (Å²) >= 11 is 0. The summed E-state index contributed by atoms with van der Waals surface area (Å²) in [5.41, 5.74) is 2.87. The van der Waals surface area contributed by atoms with Gasteiger partial charge in [-0.2, -0.15) is 0 Å². The Morgan fingerprint density at radius 1 is 1.31 bits per heavy atom. The maximum Gasteiger partial charge on any atom is 0.0726 e. The summed E-state index contributed by atoms with van der Waals surface area (Å²) < 4.78 is 0. The average molecular weight is 178 g/mol. The molecule has 0 unspecified atom stereocenters. The molecule has 1 heteroatoms. The third-order valence-corrected chi connectivity index (χ3v) is 3.22. The van der Waals surface area contributed by atoms with Gasteiger partial charge in [-0.3, -0.25) is 0 Å². The number of hydrogen-bond acceptors (Lipinski definition) is 1. The van der Waals surface area contributed by atoms with E-state index in [4.69, 9.17) is 0 Å². The molecule has 0 spiro atoms. The van der Waals surface area contributed by atoms with Gasteiger partial charge in [0.2, 0.25) is 0 Å². The SMILES string of the molecule is CC1=C/[C@@H](O)CC[C@H]2CCC\C2=C\1. The minimum atomic E-state index is -0.210. The van der Waals surface area contributed by atoms with Crippen molar-refractivity contribution < 1.29 is 5.11 Å². The van der Waals surface area contributed by atoms with Crippen LogP contribution in [0.3, 0.4) is 0 Å². The zero-order valence-electron chi connectivity index (χ0n) is 8.29. The van der Waals surface area contributed by atoms with Crippen molar-refractivity contribution in [1.29, 1.82) is 0 Å². The van der Waals surface area contributed by atoms with E-state index in [0.29, 0.717) is 0 Å². The van der Waals surface area contributed by atoms with Gasteiger partial charge in [-0.15, -0.1) is 0 Å². The van der Waals surface area contributed by atoms with E-state index < -0.39 is 0 Å². The van der Waals surface area contributed by atoms with Crippen molar-refractivity contribution in [2.75, 3.05) is 0 Å². The van der Waals surface area contributed by atoms with Crippen LogP contribution in [0.25, 0.3) is 0 Å². The van der Waals surface area contributed by atoms with Crippen LogP contribution in [0, 0.1) is 5.92 Å². The van der Waals surface area contributed by atoms with Gasteiger partial charge in [0.15, 0.2) is 0 Å². The van der Waals surface area contributed by atoms with Gasteiger partial charge in [0.25, 0.3) is 0 Å². The molecule has 1 nitrogen and oxygen atoms in total. The van der Waals surface area contributed by atoms with Crippen molar-refractivity contribution in [3.8, 4) is 0 Å². The first-order valence-electron chi connectivity index (χ1n) is 5.32. The van der Waals surface area contributed by atoms with Crippen molar-refractivity contribution in [2.24, 2.45) is 5.92 Å². The van der Waals surface area contributed by atoms with Crippen LogP contribution in [0.2, 0.25) is 0 Å². The number of hydrogen-bond donors (Lipinski definition) is 1. The van der Waals surface area contributed by atoms with Crippen molar-refractivity contribution in [3.63, 3.8) is 0 Å². The molecule has 0 aromatic rings. The Labute approximate surface area is 80.2 Å². The summed E-state index contributed by atoms with van der Waals surface area (Å²) in [6, 6.07) is 0.